The van der Waals surface area contributed by atoms with Crippen LogP contribution in [0.4, 0.5) is 0 Å². The van der Waals surface area contributed by atoms with Crippen molar-refractivity contribution in [2.75, 3.05) is 6.54 Å². The molecule has 0 fully saturated rings. The zero-order valence-corrected chi connectivity index (χ0v) is 15.3. The predicted molar refractivity (Wildman–Crippen MR) is 105 cm³/mol. The highest BCUT2D eigenvalue weighted by atomic mass is 14.7. The van der Waals surface area contributed by atoms with Crippen LogP contribution >= 0.6 is 0 Å². The van der Waals surface area contributed by atoms with E-state index in [0.717, 1.165) is 25.8 Å². The number of aromatic nitrogens is 1. The molecule has 0 bridgehead atoms. The minimum atomic E-state index is 0.763. The molecule has 0 aliphatic rings. The minimum absolute atomic E-state index is 0.763. The molecular formula is C22H28N2. The van der Waals surface area contributed by atoms with E-state index in [-0.39, 0.29) is 0 Å². The number of nitrogens with two attached hydrogens (primary N) is 1. The molecule has 0 aliphatic carbocycles. The summed E-state index contributed by atoms with van der Waals surface area (Å²) in [4.78, 5) is 3.75. The standard InChI is InChI=1S/C22H28N2/c1-14-8-11-18(17(4)13-14)22-19(7-5-6-12-23)20-15(2)9-10-16(3)21(20)24-22/h8-11,13,24H,5-7,12,23H2,1-4H3. The van der Waals surface area contributed by atoms with Gasteiger partial charge in [0.25, 0.3) is 0 Å². The number of aromatic amines is 1. The third kappa shape index (κ3) is 2.99. The lowest BCUT2D eigenvalue weighted by Gasteiger charge is -2.10. The molecule has 2 aromatic carbocycles. The molecule has 1 aromatic heterocycles. The molecule has 3 rings (SSSR count). The van der Waals surface area contributed by atoms with Gasteiger partial charge in [-0.1, -0.05) is 35.9 Å². The van der Waals surface area contributed by atoms with Crippen molar-refractivity contribution in [2.24, 2.45) is 5.73 Å². The molecule has 0 unspecified atom stereocenters. The van der Waals surface area contributed by atoms with Gasteiger partial charge in [0.1, 0.15) is 0 Å². The van der Waals surface area contributed by atoms with Crippen LogP contribution in [0, 0.1) is 27.7 Å². The van der Waals surface area contributed by atoms with Crippen molar-refractivity contribution in [1.82, 2.24) is 4.98 Å². The molecule has 126 valence electrons. The van der Waals surface area contributed by atoms with E-state index >= 15 is 0 Å². The fourth-order valence-electron chi connectivity index (χ4n) is 3.71. The number of rotatable bonds is 5. The van der Waals surface area contributed by atoms with Gasteiger partial charge in [0, 0.05) is 22.2 Å². The number of hydrogen-bond donors (Lipinski definition) is 2. The van der Waals surface area contributed by atoms with Crippen molar-refractivity contribution in [3.05, 3.63) is 58.1 Å². The summed E-state index contributed by atoms with van der Waals surface area (Å²) >= 11 is 0. The van der Waals surface area contributed by atoms with E-state index in [9.17, 15) is 0 Å². The van der Waals surface area contributed by atoms with E-state index in [1.807, 2.05) is 0 Å². The zero-order valence-electron chi connectivity index (χ0n) is 15.3. The summed E-state index contributed by atoms with van der Waals surface area (Å²) < 4.78 is 0. The van der Waals surface area contributed by atoms with Crippen LogP contribution in [0.5, 0.6) is 0 Å². The molecule has 2 heteroatoms. The lowest BCUT2D eigenvalue weighted by atomic mass is 9.95. The molecule has 0 atom stereocenters. The summed E-state index contributed by atoms with van der Waals surface area (Å²) in [5.74, 6) is 0. The largest absolute Gasteiger partial charge is 0.354 e. The van der Waals surface area contributed by atoms with Crippen LogP contribution in [0.1, 0.15) is 40.7 Å². The molecule has 3 N–H and O–H groups in total. The second-order valence-electron chi connectivity index (χ2n) is 6.99. The highest BCUT2D eigenvalue weighted by Crippen LogP contribution is 2.36. The average molecular weight is 320 g/mol. The molecule has 0 aliphatic heterocycles. The normalized spacial score (nSPS) is 11.4. The first-order valence-electron chi connectivity index (χ1n) is 8.91. The Labute approximate surface area is 145 Å². The third-order valence-electron chi connectivity index (χ3n) is 5.01. The van der Waals surface area contributed by atoms with Crippen LogP contribution in [0.25, 0.3) is 22.2 Å². The summed E-state index contributed by atoms with van der Waals surface area (Å²) in [6, 6.07) is 11.2. The van der Waals surface area contributed by atoms with Gasteiger partial charge in [-0.2, -0.15) is 0 Å². The van der Waals surface area contributed by atoms with Crippen molar-refractivity contribution in [3.8, 4) is 11.3 Å². The maximum atomic E-state index is 5.72. The van der Waals surface area contributed by atoms with Gasteiger partial charge in [-0.15, -0.1) is 0 Å². The van der Waals surface area contributed by atoms with E-state index in [1.165, 1.54) is 50.0 Å². The van der Waals surface area contributed by atoms with Gasteiger partial charge in [0.05, 0.1) is 0 Å². The lowest BCUT2D eigenvalue weighted by molar-refractivity contribution is 0.748. The third-order valence-corrected chi connectivity index (χ3v) is 5.01. The molecule has 0 saturated carbocycles. The van der Waals surface area contributed by atoms with Gasteiger partial charge < -0.3 is 10.7 Å². The van der Waals surface area contributed by atoms with Crippen LogP contribution in [-0.4, -0.2) is 11.5 Å². The fraction of sp³-hybridized carbons (Fsp3) is 0.364. The van der Waals surface area contributed by atoms with Crippen molar-refractivity contribution in [3.63, 3.8) is 0 Å². The predicted octanol–water partition coefficient (Wildman–Crippen LogP) is 5.35. The lowest BCUT2D eigenvalue weighted by Crippen LogP contribution is -1.99. The van der Waals surface area contributed by atoms with Crippen LogP contribution in [-0.2, 0) is 6.42 Å². The van der Waals surface area contributed by atoms with Gasteiger partial charge in [-0.05, 0) is 75.8 Å². The molecule has 0 amide bonds. The molecule has 1 heterocycles. The molecular weight excluding hydrogens is 292 g/mol. The van der Waals surface area contributed by atoms with Gasteiger partial charge in [-0.3, -0.25) is 0 Å². The zero-order chi connectivity index (χ0) is 17.3. The highest BCUT2D eigenvalue weighted by molar-refractivity contribution is 5.95. The number of H-pyrrole nitrogens is 1. The Kier molecular flexibility index (Phi) is 4.77. The Morgan fingerprint density at radius 3 is 2.33 bits per heavy atom. The molecule has 24 heavy (non-hydrogen) atoms. The quantitative estimate of drug-likeness (QED) is 0.611. The second kappa shape index (κ2) is 6.82. The first-order valence-corrected chi connectivity index (χ1v) is 8.91. The SMILES string of the molecule is Cc1ccc(-c2[nH]c3c(C)ccc(C)c3c2CCCCN)c(C)c1. The first kappa shape index (κ1) is 16.8. The van der Waals surface area contributed by atoms with Crippen molar-refractivity contribution in [2.45, 2.75) is 47.0 Å². The van der Waals surface area contributed by atoms with Crippen LogP contribution in [0.15, 0.2) is 30.3 Å². The van der Waals surface area contributed by atoms with E-state index < -0.39 is 0 Å². The Bertz CT molecular complexity index is 871. The number of aryl methyl sites for hydroxylation is 5. The van der Waals surface area contributed by atoms with Gasteiger partial charge in [0.15, 0.2) is 0 Å². The average Bonchev–Trinajstić information content (AvgIpc) is 2.92. The molecule has 2 nitrogen and oxygen atoms in total. The number of hydrogen-bond acceptors (Lipinski definition) is 1. The number of nitrogens with one attached hydrogen (secondary N) is 1. The van der Waals surface area contributed by atoms with Gasteiger partial charge in [-0.25, -0.2) is 0 Å². The number of benzene rings is 2. The van der Waals surface area contributed by atoms with E-state index in [0.29, 0.717) is 0 Å². The Morgan fingerprint density at radius 1 is 0.875 bits per heavy atom. The smallest absolute Gasteiger partial charge is 0.0500 e. The van der Waals surface area contributed by atoms with Crippen LogP contribution in [0.3, 0.4) is 0 Å². The molecule has 0 radical (unpaired) electrons. The summed E-state index contributed by atoms with van der Waals surface area (Å²) in [5, 5.41) is 1.40. The first-order chi connectivity index (χ1) is 11.5. The summed E-state index contributed by atoms with van der Waals surface area (Å²) in [6.45, 7) is 9.52. The molecule has 3 aromatic rings. The summed E-state index contributed by atoms with van der Waals surface area (Å²) in [6.07, 6.45) is 3.28. The summed E-state index contributed by atoms with van der Waals surface area (Å²) in [7, 11) is 0. The Hall–Kier alpha value is -2.06. The monoisotopic (exact) mass is 320 g/mol. The molecule has 0 spiro atoms. The highest BCUT2D eigenvalue weighted by Gasteiger charge is 2.17. The Morgan fingerprint density at radius 2 is 1.62 bits per heavy atom. The van der Waals surface area contributed by atoms with Crippen molar-refractivity contribution < 1.29 is 0 Å². The van der Waals surface area contributed by atoms with E-state index in [2.05, 4.69) is 63.0 Å². The maximum absolute atomic E-state index is 5.72. The summed E-state index contributed by atoms with van der Waals surface area (Å²) in [5.41, 5.74) is 16.4. The van der Waals surface area contributed by atoms with Crippen molar-refractivity contribution >= 4 is 10.9 Å². The number of unbranched alkanes of at least 4 members (excludes halogenated alkanes) is 1. The van der Waals surface area contributed by atoms with Crippen molar-refractivity contribution in [1.29, 1.82) is 0 Å². The number of fused-ring (bicyclic) bond motifs is 1. The topological polar surface area (TPSA) is 41.8 Å². The van der Waals surface area contributed by atoms with Gasteiger partial charge in [0.2, 0.25) is 0 Å². The van der Waals surface area contributed by atoms with Crippen LogP contribution < -0.4 is 5.73 Å². The maximum Gasteiger partial charge on any atom is 0.0500 e. The second-order valence-corrected chi connectivity index (χ2v) is 6.99. The van der Waals surface area contributed by atoms with Crippen LogP contribution in [0.2, 0.25) is 0 Å². The van der Waals surface area contributed by atoms with E-state index in [1.54, 1.807) is 0 Å². The van der Waals surface area contributed by atoms with E-state index in [4.69, 9.17) is 5.73 Å². The van der Waals surface area contributed by atoms with Gasteiger partial charge >= 0.3 is 0 Å². The molecule has 0 saturated heterocycles. The minimum Gasteiger partial charge on any atom is -0.354 e. The fourth-order valence-corrected chi connectivity index (χ4v) is 3.71. The Balaban J connectivity index is 2.24.